The summed E-state index contributed by atoms with van der Waals surface area (Å²) in [6.07, 6.45) is 3.47. The van der Waals surface area contributed by atoms with Crippen LogP contribution in [0.1, 0.15) is 0 Å². The molecule has 1 aliphatic heterocycles. The van der Waals surface area contributed by atoms with E-state index in [4.69, 9.17) is 4.98 Å². The highest BCUT2D eigenvalue weighted by atomic mass is 16.2. The van der Waals surface area contributed by atoms with Gasteiger partial charge in [0, 0.05) is 36.4 Å². The number of pyridine rings is 1. The van der Waals surface area contributed by atoms with Crippen molar-refractivity contribution in [3.63, 3.8) is 0 Å². The molecular weight excluding hydrogens is 290 g/mol. The van der Waals surface area contributed by atoms with Gasteiger partial charge in [-0.1, -0.05) is 12.1 Å². The van der Waals surface area contributed by atoms with Crippen molar-refractivity contribution in [3.05, 3.63) is 48.8 Å². The molecule has 0 spiro atoms. The lowest BCUT2D eigenvalue weighted by atomic mass is 10.2. The van der Waals surface area contributed by atoms with Gasteiger partial charge in [0.15, 0.2) is 5.82 Å². The van der Waals surface area contributed by atoms with Crippen LogP contribution < -0.4 is 10.2 Å². The second kappa shape index (κ2) is 5.64. The van der Waals surface area contributed by atoms with Crippen LogP contribution in [-0.2, 0) is 4.79 Å². The molecular formula is C17H15N5O. The molecule has 23 heavy (non-hydrogen) atoms. The van der Waals surface area contributed by atoms with Crippen LogP contribution in [-0.4, -0.2) is 40.5 Å². The summed E-state index contributed by atoms with van der Waals surface area (Å²) < 4.78 is 0. The number of rotatable bonds is 2. The van der Waals surface area contributed by atoms with Crippen LogP contribution in [0, 0.1) is 0 Å². The number of carbonyl (C=O) groups excluding carboxylic acids is 1. The molecule has 1 amide bonds. The number of anilines is 1. The normalized spacial score (nSPS) is 14.8. The van der Waals surface area contributed by atoms with Crippen LogP contribution >= 0.6 is 0 Å². The number of benzene rings is 1. The molecule has 6 nitrogen and oxygen atoms in total. The predicted molar refractivity (Wildman–Crippen MR) is 88.0 cm³/mol. The zero-order valence-electron chi connectivity index (χ0n) is 12.4. The first-order chi connectivity index (χ1) is 11.3. The molecule has 3 heterocycles. The lowest BCUT2D eigenvalue weighted by Gasteiger charge is -2.28. The third-order valence-corrected chi connectivity index (χ3v) is 3.84. The minimum absolute atomic E-state index is 0.0156. The van der Waals surface area contributed by atoms with Crippen molar-refractivity contribution in [2.45, 2.75) is 0 Å². The number of carbonyl (C=O) groups is 1. The van der Waals surface area contributed by atoms with Crippen molar-refractivity contribution in [2.75, 3.05) is 24.5 Å². The van der Waals surface area contributed by atoms with Gasteiger partial charge in [-0.2, -0.15) is 0 Å². The summed E-state index contributed by atoms with van der Waals surface area (Å²) in [5.74, 6) is 1.43. The van der Waals surface area contributed by atoms with Crippen LogP contribution in [0.3, 0.4) is 0 Å². The maximum atomic E-state index is 11.7. The second-order valence-electron chi connectivity index (χ2n) is 5.40. The van der Waals surface area contributed by atoms with Gasteiger partial charge in [-0.25, -0.2) is 9.97 Å². The van der Waals surface area contributed by atoms with Gasteiger partial charge in [0.2, 0.25) is 5.91 Å². The highest BCUT2D eigenvalue weighted by molar-refractivity contribution is 5.93. The minimum Gasteiger partial charge on any atom is -0.353 e. The van der Waals surface area contributed by atoms with Gasteiger partial charge < -0.3 is 10.2 Å². The van der Waals surface area contributed by atoms with Crippen LogP contribution in [0.2, 0.25) is 0 Å². The summed E-state index contributed by atoms with van der Waals surface area (Å²) in [7, 11) is 0. The molecule has 1 saturated heterocycles. The number of piperazine rings is 1. The van der Waals surface area contributed by atoms with Crippen molar-refractivity contribution < 1.29 is 4.79 Å². The Balaban J connectivity index is 1.89. The molecule has 3 aromatic rings. The van der Waals surface area contributed by atoms with Crippen LogP contribution in [0.15, 0.2) is 48.8 Å². The quantitative estimate of drug-likeness (QED) is 0.779. The Morgan fingerprint density at radius 2 is 2.00 bits per heavy atom. The van der Waals surface area contributed by atoms with E-state index in [1.807, 2.05) is 41.3 Å². The van der Waals surface area contributed by atoms with E-state index in [1.165, 1.54) is 0 Å². The van der Waals surface area contributed by atoms with E-state index in [0.717, 1.165) is 28.8 Å². The Morgan fingerprint density at radius 3 is 2.83 bits per heavy atom. The van der Waals surface area contributed by atoms with Crippen molar-refractivity contribution in [3.8, 4) is 11.4 Å². The molecule has 0 bridgehead atoms. The number of hydrogen-bond acceptors (Lipinski definition) is 5. The smallest absolute Gasteiger partial charge is 0.239 e. The number of fused-ring (bicyclic) bond motifs is 1. The third-order valence-electron chi connectivity index (χ3n) is 3.84. The predicted octanol–water partition coefficient (Wildman–Crippen LogP) is 1.63. The van der Waals surface area contributed by atoms with Crippen molar-refractivity contribution in [2.24, 2.45) is 0 Å². The van der Waals surface area contributed by atoms with Crippen molar-refractivity contribution in [1.82, 2.24) is 20.3 Å². The van der Waals surface area contributed by atoms with Gasteiger partial charge in [-0.3, -0.25) is 9.78 Å². The number of aromatic nitrogens is 3. The second-order valence-corrected chi connectivity index (χ2v) is 5.40. The maximum absolute atomic E-state index is 11.7. The summed E-state index contributed by atoms with van der Waals surface area (Å²) in [5.41, 5.74) is 1.73. The van der Waals surface area contributed by atoms with Crippen molar-refractivity contribution >= 4 is 22.6 Å². The summed E-state index contributed by atoms with van der Waals surface area (Å²) >= 11 is 0. The first-order valence-corrected chi connectivity index (χ1v) is 7.50. The highest BCUT2D eigenvalue weighted by Gasteiger charge is 2.21. The maximum Gasteiger partial charge on any atom is 0.239 e. The topological polar surface area (TPSA) is 71.0 Å². The number of para-hydroxylation sites is 1. The van der Waals surface area contributed by atoms with Gasteiger partial charge >= 0.3 is 0 Å². The molecule has 6 heteroatoms. The average molecular weight is 305 g/mol. The number of amides is 1. The highest BCUT2D eigenvalue weighted by Crippen LogP contribution is 2.27. The summed E-state index contributed by atoms with van der Waals surface area (Å²) in [6.45, 7) is 1.67. The Morgan fingerprint density at radius 1 is 1.09 bits per heavy atom. The molecule has 1 aliphatic rings. The molecule has 1 fully saturated rings. The molecule has 0 atom stereocenters. The van der Waals surface area contributed by atoms with Gasteiger partial charge in [-0.15, -0.1) is 0 Å². The molecule has 4 rings (SSSR count). The van der Waals surface area contributed by atoms with Gasteiger partial charge in [0.05, 0.1) is 12.1 Å². The monoisotopic (exact) mass is 305 g/mol. The molecule has 0 aliphatic carbocycles. The van der Waals surface area contributed by atoms with E-state index in [1.54, 1.807) is 12.4 Å². The molecule has 2 aromatic heterocycles. The van der Waals surface area contributed by atoms with E-state index < -0.39 is 0 Å². The minimum atomic E-state index is 0.0156. The summed E-state index contributed by atoms with van der Waals surface area (Å²) in [5, 5.41) is 3.80. The Kier molecular flexibility index (Phi) is 3.34. The van der Waals surface area contributed by atoms with E-state index in [9.17, 15) is 4.79 Å². The van der Waals surface area contributed by atoms with Crippen molar-refractivity contribution in [1.29, 1.82) is 0 Å². The molecule has 1 N–H and O–H groups in total. The average Bonchev–Trinajstić information content (AvgIpc) is 2.61. The number of nitrogens with zero attached hydrogens (tertiary/aromatic N) is 4. The lowest BCUT2D eigenvalue weighted by Crippen LogP contribution is -2.48. The zero-order chi connectivity index (χ0) is 15.6. The molecule has 1 aromatic carbocycles. The first kappa shape index (κ1) is 13.6. The van der Waals surface area contributed by atoms with E-state index in [2.05, 4.69) is 15.3 Å². The molecule has 114 valence electrons. The SMILES string of the molecule is O=C1CN(c2nc(-c3cccnc3)nc3ccccc23)CCN1. The Hall–Kier alpha value is -3.02. The summed E-state index contributed by atoms with van der Waals surface area (Å²) in [6, 6.07) is 11.7. The zero-order valence-corrected chi connectivity index (χ0v) is 12.4. The Labute approximate surface area is 133 Å². The van der Waals surface area contributed by atoms with Crippen LogP contribution in [0.4, 0.5) is 5.82 Å². The number of nitrogens with one attached hydrogen (secondary N) is 1. The standard InChI is InChI=1S/C17H15N5O/c23-15-11-22(9-8-19-15)17-13-5-1-2-6-14(13)20-16(21-17)12-4-3-7-18-10-12/h1-7,10H,8-9,11H2,(H,19,23). The first-order valence-electron chi connectivity index (χ1n) is 7.50. The number of hydrogen-bond donors (Lipinski definition) is 1. The van der Waals surface area contributed by atoms with Crippen LogP contribution in [0.5, 0.6) is 0 Å². The van der Waals surface area contributed by atoms with Gasteiger partial charge in [0.25, 0.3) is 0 Å². The third kappa shape index (κ3) is 2.59. The fraction of sp³-hybridized carbons (Fsp3) is 0.176. The largest absolute Gasteiger partial charge is 0.353 e. The van der Waals surface area contributed by atoms with Gasteiger partial charge in [-0.05, 0) is 24.3 Å². The van der Waals surface area contributed by atoms with E-state index in [-0.39, 0.29) is 5.91 Å². The fourth-order valence-corrected chi connectivity index (χ4v) is 2.74. The summed E-state index contributed by atoms with van der Waals surface area (Å²) in [4.78, 5) is 27.2. The fourth-order valence-electron chi connectivity index (χ4n) is 2.74. The lowest BCUT2D eigenvalue weighted by molar-refractivity contribution is -0.120. The molecule has 0 saturated carbocycles. The molecule has 0 radical (unpaired) electrons. The van der Waals surface area contributed by atoms with E-state index >= 15 is 0 Å². The van der Waals surface area contributed by atoms with E-state index in [0.29, 0.717) is 18.9 Å². The Bertz CT molecular complexity index is 865. The van der Waals surface area contributed by atoms with Gasteiger partial charge in [0.1, 0.15) is 5.82 Å². The molecule has 0 unspecified atom stereocenters. The van der Waals surface area contributed by atoms with Crippen LogP contribution in [0.25, 0.3) is 22.3 Å².